The average Bonchev–Trinajstić information content (AvgIpc) is 2.65. The summed E-state index contributed by atoms with van der Waals surface area (Å²) in [5, 5.41) is 1.30. The van der Waals surface area contributed by atoms with Gasteiger partial charge in [-0.3, -0.25) is 0 Å². The number of benzene rings is 1. The van der Waals surface area contributed by atoms with Crippen LogP contribution in [0, 0.1) is 5.92 Å². The molecule has 0 aliphatic rings. The van der Waals surface area contributed by atoms with Gasteiger partial charge in [0.2, 0.25) is 0 Å². The molecule has 0 saturated heterocycles. The van der Waals surface area contributed by atoms with E-state index in [1.54, 1.807) is 0 Å². The van der Waals surface area contributed by atoms with Crippen LogP contribution in [-0.4, -0.2) is 4.57 Å². The monoisotopic (exact) mass is 266 g/mol. The van der Waals surface area contributed by atoms with E-state index in [-0.39, 0.29) is 18.4 Å². The van der Waals surface area contributed by atoms with E-state index in [0.717, 1.165) is 12.3 Å². The molecule has 0 fully saturated rings. The number of hydrogen-bond donors (Lipinski definition) is 1. The van der Waals surface area contributed by atoms with Crippen LogP contribution in [0.15, 0.2) is 30.5 Å². The lowest BCUT2D eigenvalue weighted by Crippen LogP contribution is -2.10. The summed E-state index contributed by atoms with van der Waals surface area (Å²) in [6, 6.07) is 8.63. The lowest BCUT2D eigenvalue weighted by molar-refractivity contribution is 0.508. The van der Waals surface area contributed by atoms with Gasteiger partial charge in [-0.05, 0) is 30.4 Å². The molecule has 1 aromatic carbocycles. The Hall–Kier alpha value is -0.990. The molecule has 3 heteroatoms. The minimum absolute atomic E-state index is 0. The molecular weight excluding hydrogens is 244 g/mol. The van der Waals surface area contributed by atoms with Crippen molar-refractivity contribution in [3.8, 4) is 0 Å². The van der Waals surface area contributed by atoms with Gasteiger partial charge in [-0.2, -0.15) is 0 Å². The van der Waals surface area contributed by atoms with Crippen LogP contribution in [0.25, 0.3) is 10.9 Å². The summed E-state index contributed by atoms with van der Waals surface area (Å²) in [4.78, 5) is 0. The number of aromatic nitrogens is 1. The van der Waals surface area contributed by atoms with Crippen molar-refractivity contribution >= 4 is 23.3 Å². The third-order valence-corrected chi connectivity index (χ3v) is 3.38. The highest BCUT2D eigenvalue weighted by atomic mass is 35.5. The molecule has 2 rings (SSSR count). The Morgan fingerprint density at radius 1 is 1.17 bits per heavy atom. The summed E-state index contributed by atoms with van der Waals surface area (Å²) in [7, 11) is 2.08. The van der Waals surface area contributed by atoms with E-state index in [0.29, 0.717) is 0 Å². The maximum Gasteiger partial charge on any atom is 0.0481 e. The molecular formula is C15H23ClN2. The zero-order chi connectivity index (χ0) is 12.4. The fourth-order valence-electron chi connectivity index (χ4n) is 2.34. The molecule has 0 saturated carbocycles. The second-order valence-corrected chi connectivity index (χ2v) is 5.29. The summed E-state index contributed by atoms with van der Waals surface area (Å²) in [5.41, 5.74) is 8.86. The van der Waals surface area contributed by atoms with Gasteiger partial charge in [0.1, 0.15) is 0 Å². The van der Waals surface area contributed by atoms with Gasteiger partial charge in [0.05, 0.1) is 0 Å². The van der Waals surface area contributed by atoms with Crippen molar-refractivity contribution in [1.82, 2.24) is 4.57 Å². The number of hydrogen-bond acceptors (Lipinski definition) is 1. The van der Waals surface area contributed by atoms with Crippen molar-refractivity contribution in [1.29, 1.82) is 0 Å². The maximum absolute atomic E-state index is 6.31. The van der Waals surface area contributed by atoms with Crippen LogP contribution >= 0.6 is 12.4 Å². The van der Waals surface area contributed by atoms with Gasteiger partial charge in [0, 0.05) is 30.2 Å². The summed E-state index contributed by atoms with van der Waals surface area (Å²) in [6.07, 6.45) is 4.42. The standard InChI is InChI=1S/C15H22N2.ClH/c1-11(2)8-9-14(16)13-10-17(3)15-7-5-4-6-12(13)15;/h4-7,10-11,14H,8-9,16H2,1-3H3;1H/t14-;/m1./s1. The first kappa shape index (κ1) is 15.1. The van der Waals surface area contributed by atoms with Gasteiger partial charge >= 0.3 is 0 Å². The summed E-state index contributed by atoms with van der Waals surface area (Å²) in [6.45, 7) is 4.49. The third-order valence-electron chi connectivity index (χ3n) is 3.38. The maximum atomic E-state index is 6.31. The Bertz CT molecular complexity index is 502. The van der Waals surface area contributed by atoms with E-state index in [9.17, 15) is 0 Å². The zero-order valence-electron chi connectivity index (χ0n) is 11.4. The first-order valence-electron chi connectivity index (χ1n) is 6.39. The van der Waals surface area contributed by atoms with E-state index in [1.165, 1.54) is 22.9 Å². The molecule has 1 heterocycles. The van der Waals surface area contributed by atoms with Crippen LogP contribution in [0.2, 0.25) is 0 Å². The highest BCUT2D eigenvalue weighted by molar-refractivity contribution is 5.85. The first-order valence-corrected chi connectivity index (χ1v) is 6.39. The minimum Gasteiger partial charge on any atom is -0.350 e. The molecule has 0 radical (unpaired) electrons. The molecule has 2 aromatic rings. The zero-order valence-corrected chi connectivity index (χ0v) is 12.2. The minimum atomic E-state index is 0. The van der Waals surface area contributed by atoms with Gasteiger partial charge in [-0.25, -0.2) is 0 Å². The molecule has 1 atom stereocenters. The van der Waals surface area contributed by atoms with Gasteiger partial charge in [0.25, 0.3) is 0 Å². The normalized spacial score (nSPS) is 12.7. The van der Waals surface area contributed by atoms with E-state index in [2.05, 4.69) is 55.9 Å². The Morgan fingerprint density at radius 3 is 2.50 bits per heavy atom. The molecule has 0 spiro atoms. The topological polar surface area (TPSA) is 30.9 Å². The van der Waals surface area contributed by atoms with Crippen LogP contribution < -0.4 is 5.73 Å². The molecule has 0 unspecified atom stereocenters. The highest BCUT2D eigenvalue weighted by Crippen LogP contribution is 2.27. The number of aryl methyl sites for hydroxylation is 1. The van der Waals surface area contributed by atoms with Gasteiger partial charge in [-0.1, -0.05) is 32.0 Å². The Labute approximate surface area is 116 Å². The van der Waals surface area contributed by atoms with Gasteiger partial charge in [0.15, 0.2) is 0 Å². The van der Waals surface area contributed by atoms with Crippen molar-refractivity contribution in [3.05, 3.63) is 36.0 Å². The van der Waals surface area contributed by atoms with Crippen molar-refractivity contribution in [2.45, 2.75) is 32.7 Å². The average molecular weight is 267 g/mol. The second-order valence-electron chi connectivity index (χ2n) is 5.29. The number of para-hydroxylation sites is 1. The fourth-order valence-corrected chi connectivity index (χ4v) is 2.34. The molecule has 0 aliphatic heterocycles. The van der Waals surface area contributed by atoms with Crippen LogP contribution in [0.1, 0.15) is 38.3 Å². The first-order chi connectivity index (χ1) is 8.09. The molecule has 1 aromatic heterocycles. The Kier molecular flexibility index (Phi) is 5.24. The van der Waals surface area contributed by atoms with Crippen molar-refractivity contribution < 1.29 is 0 Å². The SMILES string of the molecule is CC(C)CC[C@@H](N)c1cn(C)c2ccccc12.Cl. The van der Waals surface area contributed by atoms with Crippen LogP contribution in [0.5, 0.6) is 0 Å². The quantitative estimate of drug-likeness (QED) is 0.890. The summed E-state index contributed by atoms with van der Waals surface area (Å²) in [5.74, 6) is 0.719. The second kappa shape index (κ2) is 6.26. The van der Waals surface area contributed by atoms with E-state index in [4.69, 9.17) is 5.73 Å². The Balaban J connectivity index is 0.00000162. The molecule has 2 nitrogen and oxygen atoms in total. The van der Waals surface area contributed by atoms with Gasteiger partial charge in [-0.15, -0.1) is 12.4 Å². The number of halogens is 1. The molecule has 0 amide bonds. The van der Waals surface area contributed by atoms with Crippen LogP contribution in [0.4, 0.5) is 0 Å². The predicted molar refractivity (Wildman–Crippen MR) is 81.2 cm³/mol. The van der Waals surface area contributed by atoms with Crippen molar-refractivity contribution in [2.24, 2.45) is 18.7 Å². The van der Waals surface area contributed by atoms with E-state index in [1.807, 2.05) is 0 Å². The fraction of sp³-hybridized carbons (Fsp3) is 0.467. The van der Waals surface area contributed by atoms with Crippen molar-refractivity contribution in [2.75, 3.05) is 0 Å². The smallest absolute Gasteiger partial charge is 0.0481 e. The highest BCUT2D eigenvalue weighted by Gasteiger charge is 2.13. The number of fused-ring (bicyclic) bond motifs is 1. The lowest BCUT2D eigenvalue weighted by Gasteiger charge is -2.12. The van der Waals surface area contributed by atoms with E-state index < -0.39 is 0 Å². The number of rotatable bonds is 4. The molecule has 0 aliphatic carbocycles. The van der Waals surface area contributed by atoms with Crippen LogP contribution in [0.3, 0.4) is 0 Å². The summed E-state index contributed by atoms with van der Waals surface area (Å²) < 4.78 is 2.17. The molecule has 18 heavy (non-hydrogen) atoms. The molecule has 0 bridgehead atoms. The Morgan fingerprint density at radius 2 is 1.83 bits per heavy atom. The third kappa shape index (κ3) is 3.06. The molecule has 100 valence electrons. The van der Waals surface area contributed by atoms with E-state index >= 15 is 0 Å². The predicted octanol–water partition coefficient (Wildman–Crippen LogP) is 4.04. The van der Waals surface area contributed by atoms with Crippen molar-refractivity contribution in [3.63, 3.8) is 0 Å². The number of nitrogens with zero attached hydrogens (tertiary/aromatic N) is 1. The largest absolute Gasteiger partial charge is 0.350 e. The number of nitrogens with two attached hydrogens (primary N) is 1. The molecule has 2 N–H and O–H groups in total. The lowest BCUT2D eigenvalue weighted by atomic mass is 9.98. The summed E-state index contributed by atoms with van der Waals surface area (Å²) >= 11 is 0. The van der Waals surface area contributed by atoms with Crippen LogP contribution in [-0.2, 0) is 7.05 Å². The van der Waals surface area contributed by atoms with Gasteiger partial charge < -0.3 is 10.3 Å².